The second-order valence-corrected chi connectivity index (χ2v) is 7.39. The fourth-order valence-electron chi connectivity index (χ4n) is 3.38. The third kappa shape index (κ3) is 5.40. The van der Waals surface area contributed by atoms with Gasteiger partial charge in [-0.15, -0.1) is 0 Å². The van der Waals surface area contributed by atoms with E-state index in [1.54, 1.807) is 0 Å². The number of pyridine rings is 1. The molecule has 4 rings (SSSR count). The first kappa shape index (κ1) is 20.4. The van der Waals surface area contributed by atoms with E-state index in [0.717, 1.165) is 33.4 Å². The Morgan fingerprint density at radius 2 is 1.42 bits per heavy atom. The lowest BCUT2D eigenvalue weighted by molar-refractivity contribution is 0.268. The van der Waals surface area contributed by atoms with Crippen molar-refractivity contribution in [1.29, 1.82) is 0 Å². The van der Waals surface area contributed by atoms with Crippen molar-refractivity contribution in [2.45, 2.75) is 20.1 Å². The van der Waals surface area contributed by atoms with Gasteiger partial charge in [0.1, 0.15) is 13.2 Å². The molecule has 31 heavy (non-hydrogen) atoms. The van der Waals surface area contributed by atoms with Crippen LogP contribution in [0.3, 0.4) is 0 Å². The van der Waals surface area contributed by atoms with Crippen molar-refractivity contribution in [3.8, 4) is 22.9 Å². The molecule has 0 radical (unpaired) electrons. The Morgan fingerprint density at radius 3 is 2.06 bits per heavy atom. The Bertz CT molecular complexity index is 1150. The molecule has 0 saturated carbocycles. The van der Waals surface area contributed by atoms with Crippen LogP contribution in [-0.4, -0.2) is 4.98 Å². The number of ether oxygens (including phenoxy) is 2. The molecule has 0 amide bonds. The fraction of sp³-hybridized carbons (Fsp3) is 0.107. The molecular formula is C28H25NO2. The van der Waals surface area contributed by atoms with E-state index in [4.69, 9.17) is 14.5 Å². The summed E-state index contributed by atoms with van der Waals surface area (Å²) >= 11 is 0. The number of aryl methyl sites for hydroxylation is 1. The van der Waals surface area contributed by atoms with E-state index in [-0.39, 0.29) is 0 Å². The van der Waals surface area contributed by atoms with Crippen LogP contribution in [-0.2, 0) is 13.2 Å². The summed E-state index contributed by atoms with van der Waals surface area (Å²) in [6.45, 7) is 6.87. The largest absolute Gasteiger partial charge is 0.473 e. The smallest absolute Gasteiger partial charge is 0.225 e. The number of aromatic nitrogens is 1. The number of hydrogen-bond donors (Lipinski definition) is 0. The van der Waals surface area contributed by atoms with E-state index in [0.29, 0.717) is 25.0 Å². The van der Waals surface area contributed by atoms with E-state index in [1.807, 2.05) is 78.9 Å². The average Bonchev–Trinajstić information content (AvgIpc) is 2.82. The van der Waals surface area contributed by atoms with E-state index in [2.05, 4.69) is 31.7 Å². The molecule has 0 bridgehead atoms. The minimum atomic E-state index is 0.434. The molecule has 3 heteroatoms. The Morgan fingerprint density at radius 1 is 0.774 bits per heavy atom. The molecule has 0 aliphatic rings. The van der Waals surface area contributed by atoms with Crippen LogP contribution in [0.15, 0.2) is 97.6 Å². The summed E-state index contributed by atoms with van der Waals surface area (Å²) in [7, 11) is 0. The van der Waals surface area contributed by atoms with Gasteiger partial charge in [0.15, 0.2) is 0 Å². The molecule has 4 aromatic rings. The third-order valence-electron chi connectivity index (χ3n) is 4.93. The molecule has 0 saturated heterocycles. The van der Waals surface area contributed by atoms with Crippen LogP contribution in [0.25, 0.3) is 17.2 Å². The van der Waals surface area contributed by atoms with Gasteiger partial charge in [-0.25, -0.2) is 0 Å². The van der Waals surface area contributed by atoms with Crippen molar-refractivity contribution in [2.24, 2.45) is 0 Å². The van der Waals surface area contributed by atoms with Crippen molar-refractivity contribution in [2.75, 3.05) is 0 Å². The summed E-state index contributed by atoms with van der Waals surface area (Å²) in [5, 5.41) is 0. The monoisotopic (exact) mass is 407 g/mol. The zero-order valence-corrected chi connectivity index (χ0v) is 17.6. The Balaban J connectivity index is 1.64. The van der Waals surface area contributed by atoms with Crippen LogP contribution in [0.5, 0.6) is 11.8 Å². The maximum atomic E-state index is 6.17. The van der Waals surface area contributed by atoms with Gasteiger partial charge in [-0.1, -0.05) is 85.5 Å². The molecule has 0 spiro atoms. The highest BCUT2D eigenvalue weighted by atomic mass is 16.5. The highest BCUT2D eigenvalue weighted by molar-refractivity contribution is 5.72. The maximum absolute atomic E-state index is 6.17. The highest BCUT2D eigenvalue weighted by Gasteiger charge is 2.12. The maximum Gasteiger partial charge on any atom is 0.225 e. The molecule has 0 aliphatic carbocycles. The zero-order chi connectivity index (χ0) is 21.5. The van der Waals surface area contributed by atoms with Gasteiger partial charge in [0.05, 0.1) is 0 Å². The first-order valence-electron chi connectivity index (χ1n) is 10.3. The van der Waals surface area contributed by atoms with Gasteiger partial charge in [-0.05, 0) is 46.9 Å². The van der Waals surface area contributed by atoms with Gasteiger partial charge < -0.3 is 9.47 Å². The number of benzene rings is 3. The second-order valence-electron chi connectivity index (χ2n) is 7.39. The lowest BCUT2D eigenvalue weighted by Crippen LogP contribution is -2.02. The first-order chi connectivity index (χ1) is 15.2. The van der Waals surface area contributed by atoms with E-state index in [9.17, 15) is 0 Å². The normalized spacial score (nSPS) is 10.5. The highest BCUT2D eigenvalue weighted by Crippen LogP contribution is 2.33. The summed E-state index contributed by atoms with van der Waals surface area (Å²) in [6.07, 6.45) is 1.85. The second kappa shape index (κ2) is 9.77. The quantitative estimate of drug-likeness (QED) is 0.320. The Kier molecular flexibility index (Phi) is 6.44. The van der Waals surface area contributed by atoms with Gasteiger partial charge in [-0.3, -0.25) is 0 Å². The molecular weight excluding hydrogens is 382 g/mol. The first-order valence-corrected chi connectivity index (χ1v) is 10.3. The zero-order valence-electron chi connectivity index (χ0n) is 17.6. The summed E-state index contributed by atoms with van der Waals surface area (Å²) < 4.78 is 12.1. The van der Waals surface area contributed by atoms with E-state index < -0.39 is 0 Å². The SMILES string of the molecule is C=Cc1cc(C)cc(-c2ccc(OCc3ccccc3)nc2OCc2ccccc2)c1. The molecule has 3 nitrogen and oxygen atoms in total. The predicted octanol–water partition coefficient (Wildman–Crippen LogP) is 6.86. The average molecular weight is 408 g/mol. The summed E-state index contributed by atoms with van der Waals surface area (Å²) in [5.41, 5.74) is 6.37. The van der Waals surface area contributed by atoms with Gasteiger partial charge in [0.25, 0.3) is 0 Å². The van der Waals surface area contributed by atoms with Gasteiger partial charge >= 0.3 is 0 Å². The molecule has 1 heterocycles. The van der Waals surface area contributed by atoms with Gasteiger partial charge in [-0.2, -0.15) is 4.98 Å². The standard InChI is InChI=1S/C28H25NO2/c1-3-22-16-21(2)17-25(18-22)26-14-15-27(30-19-23-10-6-4-7-11-23)29-28(26)31-20-24-12-8-5-9-13-24/h3-18H,1,19-20H2,2H3. The number of rotatable bonds is 8. The predicted molar refractivity (Wildman–Crippen MR) is 126 cm³/mol. The number of hydrogen-bond acceptors (Lipinski definition) is 3. The van der Waals surface area contributed by atoms with Crippen molar-refractivity contribution in [3.05, 3.63) is 120 Å². The molecule has 3 aromatic carbocycles. The van der Waals surface area contributed by atoms with Crippen molar-refractivity contribution < 1.29 is 9.47 Å². The topological polar surface area (TPSA) is 31.4 Å². The Labute approximate surface area is 183 Å². The molecule has 0 unspecified atom stereocenters. The van der Waals surface area contributed by atoms with Crippen LogP contribution >= 0.6 is 0 Å². The lowest BCUT2D eigenvalue weighted by Gasteiger charge is -2.14. The molecule has 0 fully saturated rings. The summed E-state index contributed by atoms with van der Waals surface area (Å²) in [5.74, 6) is 1.09. The van der Waals surface area contributed by atoms with Crippen LogP contribution < -0.4 is 9.47 Å². The molecule has 0 N–H and O–H groups in total. The van der Waals surface area contributed by atoms with Crippen LogP contribution in [0.1, 0.15) is 22.3 Å². The lowest BCUT2D eigenvalue weighted by atomic mass is 10.0. The molecule has 0 aliphatic heterocycles. The van der Waals surface area contributed by atoms with Crippen LogP contribution in [0, 0.1) is 6.92 Å². The molecule has 1 aromatic heterocycles. The van der Waals surface area contributed by atoms with Crippen molar-refractivity contribution in [3.63, 3.8) is 0 Å². The Hall–Kier alpha value is -3.85. The van der Waals surface area contributed by atoms with E-state index in [1.165, 1.54) is 0 Å². The number of nitrogens with zero attached hydrogens (tertiary/aromatic N) is 1. The van der Waals surface area contributed by atoms with Crippen molar-refractivity contribution in [1.82, 2.24) is 4.98 Å². The van der Waals surface area contributed by atoms with Crippen LogP contribution in [0.4, 0.5) is 0 Å². The van der Waals surface area contributed by atoms with E-state index >= 15 is 0 Å². The van der Waals surface area contributed by atoms with Crippen molar-refractivity contribution >= 4 is 6.08 Å². The van der Waals surface area contributed by atoms with Gasteiger partial charge in [0.2, 0.25) is 11.8 Å². The minimum Gasteiger partial charge on any atom is -0.473 e. The fourth-order valence-corrected chi connectivity index (χ4v) is 3.38. The van der Waals surface area contributed by atoms with Gasteiger partial charge in [0, 0.05) is 11.6 Å². The molecule has 0 atom stereocenters. The minimum absolute atomic E-state index is 0.434. The third-order valence-corrected chi connectivity index (χ3v) is 4.93. The van der Waals surface area contributed by atoms with Crippen LogP contribution in [0.2, 0.25) is 0 Å². The summed E-state index contributed by atoms with van der Waals surface area (Å²) in [6, 6.07) is 30.4. The molecule has 154 valence electrons. The summed E-state index contributed by atoms with van der Waals surface area (Å²) in [4.78, 5) is 4.69.